The molecule has 0 heterocycles. The number of carbonyl (C=O) groups excluding carboxylic acids is 1. The molecule has 0 bridgehead atoms. The number of hydrogen-bond acceptors (Lipinski definition) is 3. The van der Waals surface area contributed by atoms with Gasteiger partial charge in [0.25, 0.3) is 0 Å². The summed E-state index contributed by atoms with van der Waals surface area (Å²) in [6.07, 6.45) is 0. The van der Waals surface area contributed by atoms with E-state index in [1.807, 2.05) is 30.3 Å². The van der Waals surface area contributed by atoms with Gasteiger partial charge in [0.15, 0.2) is 8.32 Å². The van der Waals surface area contributed by atoms with Crippen LogP contribution in [0.3, 0.4) is 0 Å². The average molecular weight is 318 g/mol. The molecule has 0 saturated heterocycles. The maximum absolute atomic E-state index is 11.6. The molecule has 1 aromatic rings. The lowest BCUT2D eigenvalue weighted by molar-refractivity contribution is -0.118. The Bertz CT molecular complexity index is 533. The van der Waals surface area contributed by atoms with E-state index in [1.54, 1.807) is 0 Å². The molecule has 0 aliphatic carbocycles. The van der Waals surface area contributed by atoms with E-state index < -0.39 is 8.32 Å². The van der Waals surface area contributed by atoms with Gasteiger partial charge >= 0.3 is 0 Å². The number of ether oxygens (including phenoxy) is 1. The first-order valence-electron chi connectivity index (χ1n) is 7.50. The highest BCUT2D eigenvalue weighted by Gasteiger charge is 2.36. The van der Waals surface area contributed by atoms with Crippen molar-refractivity contribution in [3.8, 4) is 11.8 Å². The van der Waals surface area contributed by atoms with Crippen molar-refractivity contribution in [2.45, 2.75) is 45.5 Å². The highest BCUT2D eigenvalue weighted by molar-refractivity contribution is 6.74. The molecular formula is C18H26O3Si. The molecule has 0 unspecified atom stereocenters. The molecule has 0 radical (unpaired) electrons. The van der Waals surface area contributed by atoms with Crippen molar-refractivity contribution in [1.82, 2.24) is 0 Å². The van der Waals surface area contributed by atoms with Crippen molar-refractivity contribution in [2.75, 3.05) is 13.2 Å². The second kappa shape index (κ2) is 8.28. The standard InChI is InChI=1S/C18H26O3Si/c1-18(2,3)22(4,5)21-13-9-12-17(19)15-20-14-16-10-7-6-8-11-16/h6-8,10-11H,13-15H2,1-5H3. The fraction of sp³-hybridized carbons (Fsp3) is 0.500. The van der Waals surface area contributed by atoms with Crippen LogP contribution in [0.4, 0.5) is 0 Å². The molecule has 0 N–H and O–H groups in total. The van der Waals surface area contributed by atoms with E-state index >= 15 is 0 Å². The van der Waals surface area contributed by atoms with E-state index in [-0.39, 0.29) is 17.4 Å². The molecule has 1 rings (SSSR count). The molecule has 0 atom stereocenters. The summed E-state index contributed by atoms with van der Waals surface area (Å²) in [6, 6.07) is 9.76. The predicted molar refractivity (Wildman–Crippen MR) is 92.0 cm³/mol. The average Bonchev–Trinajstić information content (AvgIpc) is 2.43. The van der Waals surface area contributed by atoms with Gasteiger partial charge in [0, 0.05) is 0 Å². The minimum Gasteiger partial charge on any atom is -0.406 e. The van der Waals surface area contributed by atoms with Gasteiger partial charge in [-0.15, -0.1) is 0 Å². The first-order valence-corrected chi connectivity index (χ1v) is 10.4. The van der Waals surface area contributed by atoms with Gasteiger partial charge in [-0.2, -0.15) is 0 Å². The monoisotopic (exact) mass is 318 g/mol. The molecule has 0 aliphatic rings. The fourth-order valence-corrected chi connectivity index (χ4v) is 2.31. The first-order chi connectivity index (χ1) is 10.2. The number of carbonyl (C=O) groups is 1. The largest absolute Gasteiger partial charge is 0.406 e. The summed E-state index contributed by atoms with van der Waals surface area (Å²) in [5.41, 5.74) is 1.05. The van der Waals surface area contributed by atoms with E-state index in [9.17, 15) is 4.79 Å². The number of Topliss-reactive ketones (excluding diaryl/α,β-unsaturated/α-hetero) is 1. The van der Waals surface area contributed by atoms with Crippen molar-refractivity contribution in [1.29, 1.82) is 0 Å². The summed E-state index contributed by atoms with van der Waals surface area (Å²) in [4.78, 5) is 11.6. The van der Waals surface area contributed by atoms with E-state index in [0.717, 1.165) is 5.56 Å². The van der Waals surface area contributed by atoms with E-state index in [0.29, 0.717) is 13.2 Å². The molecule has 3 nitrogen and oxygen atoms in total. The zero-order valence-corrected chi connectivity index (χ0v) is 15.2. The van der Waals surface area contributed by atoms with Crippen molar-refractivity contribution < 1.29 is 14.0 Å². The topological polar surface area (TPSA) is 35.5 Å². The Balaban J connectivity index is 2.29. The van der Waals surface area contributed by atoms with Gasteiger partial charge in [-0.25, -0.2) is 0 Å². The lowest BCUT2D eigenvalue weighted by Gasteiger charge is -2.35. The number of hydrogen-bond donors (Lipinski definition) is 0. The Morgan fingerprint density at radius 1 is 1.18 bits per heavy atom. The summed E-state index contributed by atoms with van der Waals surface area (Å²) in [5.74, 6) is 5.16. The van der Waals surface area contributed by atoms with Gasteiger partial charge in [0.05, 0.1) is 13.2 Å². The van der Waals surface area contributed by atoms with Crippen LogP contribution >= 0.6 is 0 Å². The van der Waals surface area contributed by atoms with Crippen LogP contribution in [0.5, 0.6) is 0 Å². The fourth-order valence-electron chi connectivity index (χ4n) is 1.44. The highest BCUT2D eigenvalue weighted by Crippen LogP contribution is 2.36. The second-order valence-electron chi connectivity index (χ2n) is 6.75. The zero-order chi connectivity index (χ0) is 16.6. The maximum Gasteiger partial charge on any atom is 0.231 e. The van der Waals surface area contributed by atoms with Gasteiger partial charge in [-0.3, -0.25) is 4.79 Å². The van der Waals surface area contributed by atoms with E-state index in [4.69, 9.17) is 9.16 Å². The Morgan fingerprint density at radius 3 is 2.41 bits per heavy atom. The third-order valence-electron chi connectivity index (χ3n) is 3.88. The summed E-state index contributed by atoms with van der Waals surface area (Å²) in [7, 11) is -1.79. The minimum absolute atomic E-state index is 0.0159. The summed E-state index contributed by atoms with van der Waals surface area (Å²) < 4.78 is 11.2. The number of benzene rings is 1. The van der Waals surface area contributed by atoms with Gasteiger partial charge in [0.1, 0.15) is 6.61 Å². The van der Waals surface area contributed by atoms with Crippen LogP contribution in [0.15, 0.2) is 30.3 Å². The smallest absolute Gasteiger partial charge is 0.231 e. The third kappa shape index (κ3) is 6.57. The third-order valence-corrected chi connectivity index (χ3v) is 8.36. The molecule has 4 heteroatoms. The van der Waals surface area contributed by atoms with Crippen LogP contribution in [-0.2, 0) is 20.6 Å². The normalized spacial score (nSPS) is 11.7. The summed E-state index contributed by atoms with van der Waals surface area (Å²) >= 11 is 0. The molecule has 1 aromatic carbocycles. The molecule has 0 spiro atoms. The summed E-state index contributed by atoms with van der Waals surface area (Å²) in [5, 5.41) is 0.150. The first kappa shape index (κ1) is 18.6. The Kier molecular flexibility index (Phi) is 7.01. The van der Waals surface area contributed by atoms with Crippen molar-refractivity contribution in [3.63, 3.8) is 0 Å². The quantitative estimate of drug-likeness (QED) is 0.455. The molecule has 22 heavy (non-hydrogen) atoms. The van der Waals surface area contributed by atoms with Crippen LogP contribution in [-0.4, -0.2) is 27.3 Å². The Morgan fingerprint density at radius 2 is 1.82 bits per heavy atom. The molecule has 0 saturated carbocycles. The predicted octanol–water partition coefficient (Wildman–Crippen LogP) is 3.80. The number of ketones is 1. The van der Waals surface area contributed by atoms with E-state index in [1.165, 1.54) is 0 Å². The Hall–Kier alpha value is -1.41. The van der Waals surface area contributed by atoms with Crippen LogP contribution in [0, 0.1) is 11.8 Å². The van der Waals surface area contributed by atoms with E-state index in [2.05, 4.69) is 45.7 Å². The van der Waals surface area contributed by atoms with Crippen LogP contribution in [0.25, 0.3) is 0 Å². The van der Waals surface area contributed by atoms with Crippen molar-refractivity contribution in [3.05, 3.63) is 35.9 Å². The number of rotatable bonds is 6. The maximum atomic E-state index is 11.6. The molecule has 0 aliphatic heterocycles. The van der Waals surface area contributed by atoms with Crippen LogP contribution < -0.4 is 0 Å². The van der Waals surface area contributed by atoms with Gasteiger partial charge in [0.2, 0.25) is 5.78 Å². The lowest BCUT2D eigenvalue weighted by Crippen LogP contribution is -2.40. The second-order valence-corrected chi connectivity index (χ2v) is 11.6. The Labute approximate surface area is 135 Å². The molecule has 120 valence electrons. The zero-order valence-electron chi connectivity index (χ0n) is 14.2. The molecule has 0 aromatic heterocycles. The molecule has 0 amide bonds. The van der Waals surface area contributed by atoms with Gasteiger partial charge < -0.3 is 9.16 Å². The van der Waals surface area contributed by atoms with Crippen LogP contribution in [0.2, 0.25) is 18.1 Å². The highest BCUT2D eigenvalue weighted by atomic mass is 28.4. The molecular weight excluding hydrogens is 292 g/mol. The van der Waals surface area contributed by atoms with Crippen molar-refractivity contribution in [2.24, 2.45) is 0 Å². The SMILES string of the molecule is CC(C)(C)[Si](C)(C)OCC#CC(=O)COCc1ccccc1. The van der Waals surface area contributed by atoms with Gasteiger partial charge in [-0.1, -0.05) is 57.0 Å². The lowest BCUT2D eigenvalue weighted by atomic mass is 10.2. The minimum atomic E-state index is -1.79. The van der Waals surface area contributed by atoms with Crippen LogP contribution in [0.1, 0.15) is 26.3 Å². The van der Waals surface area contributed by atoms with Crippen molar-refractivity contribution >= 4 is 14.1 Å². The summed E-state index contributed by atoms with van der Waals surface area (Å²) in [6.45, 7) is 11.6. The van der Waals surface area contributed by atoms with Gasteiger partial charge in [-0.05, 0) is 29.6 Å². The molecule has 0 fully saturated rings.